The molecule has 1 aliphatic rings. The van der Waals surface area contributed by atoms with Crippen molar-refractivity contribution in [3.8, 4) is 0 Å². The van der Waals surface area contributed by atoms with Gasteiger partial charge in [0, 0.05) is 18.3 Å². The lowest BCUT2D eigenvalue weighted by atomic mass is 9.98. The van der Waals surface area contributed by atoms with Crippen molar-refractivity contribution < 1.29 is 0 Å². The van der Waals surface area contributed by atoms with Gasteiger partial charge in [0.15, 0.2) is 0 Å². The maximum Gasteiger partial charge on any atom is 0.145 e. The lowest BCUT2D eigenvalue weighted by Gasteiger charge is -2.21. The van der Waals surface area contributed by atoms with Crippen LogP contribution in [0.4, 0.5) is 5.82 Å². The van der Waals surface area contributed by atoms with Gasteiger partial charge in [-0.25, -0.2) is 4.98 Å². The van der Waals surface area contributed by atoms with Crippen molar-refractivity contribution in [1.29, 1.82) is 0 Å². The Morgan fingerprint density at radius 2 is 1.92 bits per heavy atom. The van der Waals surface area contributed by atoms with Crippen LogP contribution in [-0.4, -0.2) is 21.5 Å². The van der Waals surface area contributed by atoms with E-state index in [0.717, 1.165) is 5.69 Å². The Morgan fingerprint density at radius 1 is 1.23 bits per heavy atom. The average Bonchev–Trinajstić information content (AvgIpc) is 2.20. The third-order valence-electron chi connectivity index (χ3n) is 2.36. The molecular weight excluding hydrogens is 182 g/mol. The highest BCUT2D eigenvalue weighted by Gasteiger charge is 2.19. The normalized spacial score (nSPS) is 18.8. The van der Waals surface area contributed by atoms with Crippen LogP contribution < -0.4 is 5.73 Å². The lowest BCUT2D eigenvalue weighted by Crippen LogP contribution is -2.12. The Bertz CT molecular complexity index is 284. The number of nitrogen functional groups attached to an aromatic ring is 1. The standard InChI is InChI=1S/C9H13N3S/c10-9-8(11-3-4-12-9)7-1-5-13-6-2-7/h3-4,7H,1-2,5-6H2,(H2,10,12). The topological polar surface area (TPSA) is 51.8 Å². The summed E-state index contributed by atoms with van der Waals surface area (Å²) < 4.78 is 0. The highest BCUT2D eigenvalue weighted by molar-refractivity contribution is 7.99. The number of thioether (sulfide) groups is 1. The molecule has 2 N–H and O–H groups in total. The Balaban J connectivity index is 2.18. The molecule has 1 saturated heterocycles. The summed E-state index contributed by atoms with van der Waals surface area (Å²) in [6, 6.07) is 0. The third kappa shape index (κ3) is 1.94. The van der Waals surface area contributed by atoms with Gasteiger partial charge in [-0.05, 0) is 24.3 Å². The number of hydrogen-bond acceptors (Lipinski definition) is 4. The van der Waals surface area contributed by atoms with Crippen molar-refractivity contribution >= 4 is 17.6 Å². The first-order chi connectivity index (χ1) is 6.38. The molecule has 3 nitrogen and oxygen atoms in total. The summed E-state index contributed by atoms with van der Waals surface area (Å²) in [7, 11) is 0. The molecule has 4 heteroatoms. The lowest BCUT2D eigenvalue weighted by molar-refractivity contribution is 0.618. The molecule has 0 atom stereocenters. The van der Waals surface area contributed by atoms with Crippen LogP contribution in [0.1, 0.15) is 24.5 Å². The summed E-state index contributed by atoms with van der Waals surface area (Å²) in [5.74, 6) is 3.59. The molecule has 0 bridgehead atoms. The van der Waals surface area contributed by atoms with Gasteiger partial charge in [-0.1, -0.05) is 0 Å². The maximum absolute atomic E-state index is 5.77. The summed E-state index contributed by atoms with van der Waals surface area (Å²) >= 11 is 2.01. The summed E-state index contributed by atoms with van der Waals surface area (Å²) in [6.07, 6.45) is 5.75. The molecule has 1 aliphatic heterocycles. The fraction of sp³-hybridized carbons (Fsp3) is 0.556. The van der Waals surface area contributed by atoms with Gasteiger partial charge in [-0.15, -0.1) is 0 Å². The fourth-order valence-electron chi connectivity index (χ4n) is 1.65. The summed E-state index contributed by atoms with van der Waals surface area (Å²) in [6.45, 7) is 0. The highest BCUT2D eigenvalue weighted by Crippen LogP contribution is 2.31. The second kappa shape index (κ2) is 3.96. The zero-order valence-corrected chi connectivity index (χ0v) is 8.26. The van der Waals surface area contributed by atoms with E-state index in [1.807, 2.05) is 11.8 Å². The van der Waals surface area contributed by atoms with E-state index in [1.54, 1.807) is 12.4 Å². The van der Waals surface area contributed by atoms with E-state index >= 15 is 0 Å². The molecule has 0 amide bonds. The Labute approximate surface area is 82.2 Å². The molecule has 0 aliphatic carbocycles. The van der Waals surface area contributed by atoms with E-state index in [1.165, 1.54) is 24.3 Å². The molecule has 0 aromatic carbocycles. The molecule has 0 unspecified atom stereocenters. The molecule has 2 heterocycles. The highest BCUT2D eigenvalue weighted by atomic mass is 32.2. The minimum absolute atomic E-state index is 0.537. The second-order valence-corrected chi connectivity index (χ2v) is 4.44. The van der Waals surface area contributed by atoms with E-state index in [-0.39, 0.29) is 0 Å². The monoisotopic (exact) mass is 195 g/mol. The van der Waals surface area contributed by atoms with Crippen molar-refractivity contribution in [3.05, 3.63) is 18.1 Å². The average molecular weight is 195 g/mol. The number of anilines is 1. The van der Waals surface area contributed by atoms with E-state index < -0.39 is 0 Å². The molecule has 1 fully saturated rings. The molecule has 13 heavy (non-hydrogen) atoms. The second-order valence-electron chi connectivity index (χ2n) is 3.21. The summed E-state index contributed by atoms with van der Waals surface area (Å²) in [4.78, 5) is 8.37. The predicted molar refractivity (Wildman–Crippen MR) is 55.7 cm³/mol. The zero-order chi connectivity index (χ0) is 9.10. The van der Waals surface area contributed by atoms with E-state index in [0.29, 0.717) is 11.7 Å². The number of hydrogen-bond donors (Lipinski definition) is 1. The number of nitrogens with two attached hydrogens (primary N) is 1. The quantitative estimate of drug-likeness (QED) is 0.740. The first-order valence-electron chi connectivity index (χ1n) is 4.52. The Hall–Kier alpha value is -0.770. The van der Waals surface area contributed by atoms with Gasteiger partial charge >= 0.3 is 0 Å². The third-order valence-corrected chi connectivity index (χ3v) is 3.41. The molecular formula is C9H13N3S. The van der Waals surface area contributed by atoms with Gasteiger partial charge in [0.25, 0.3) is 0 Å². The first-order valence-corrected chi connectivity index (χ1v) is 5.67. The van der Waals surface area contributed by atoms with Crippen LogP contribution in [0.25, 0.3) is 0 Å². The largest absolute Gasteiger partial charge is 0.382 e. The van der Waals surface area contributed by atoms with Gasteiger partial charge in [0.1, 0.15) is 5.82 Å². The predicted octanol–water partition coefficient (Wildman–Crippen LogP) is 1.67. The van der Waals surface area contributed by atoms with Gasteiger partial charge < -0.3 is 5.73 Å². The Kier molecular flexibility index (Phi) is 2.68. The van der Waals surface area contributed by atoms with Crippen LogP contribution in [0.2, 0.25) is 0 Å². The minimum atomic E-state index is 0.537. The zero-order valence-electron chi connectivity index (χ0n) is 7.44. The van der Waals surface area contributed by atoms with Crippen LogP contribution >= 0.6 is 11.8 Å². The molecule has 70 valence electrons. The van der Waals surface area contributed by atoms with Crippen molar-refractivity contribution in [1.82, 2.24) is 9.97 Å². The molecule has 1 aromatic rings. The van der Waals surface area contributed by atoms with E-state index in [9.17, 15) is 0 Å². The van der Waals surface area contributed by atoms with Crippen LogP contribution in [0.5, 0.6) is 0 Å². The Morgan fingerprint density at radius 3 is 2.62 bits per heavy atom. The smallest absolute Gasteiger partial charge is 0.145 e. The van der Waals surface area contributed by atoms with Crippen LogP contribution in [0.3, 0.4) is 0 Å². The molecule has 0 saturated carbocycles. The maximum atomic E-state index is 5.77. The van der Waals surface area contributed by atoms with E-state index in [4.69, 9.17) is 5.73 Å². The number of aromatic nitrogens is 2. The van der Waals surface area contributed by atoms with Crippen molar-refractivity contribution in [2.75, 3.05) is 17.2 Å². The summed E-state index contributed by atoms with van der Waals surface area (Å²) in [5, 5.41) is 0. The van der Waals surface area contributed by atoms with Crippen molar-refractivity contribution in [2.45, 2.75) is 18.8 Å². The van der Waals surface area contributed by atoms with Gasteiger partial charge in [0.2, 0.25) is 0 Å². The van der Waals surface area contributed by atoms with Crippen molar-refractivity contribution in [3.63, 3.8) is 0 Å². The molecule has 0 spiro atoms. The number of nitrogens with zero attached hydrogens (tertiary/aromatic N) is 2. The van der Waals surface area contributed by atoms with Crippen LogP contribution in [0.15, 0.2) is 12.4 Å². The van der Waals surface area contributed by atoms with Crippen LogP contribution in [0, 0.1) is 0 Å². The van der Waals surface area contributed by atoms with Gasteiger partial charge in [-0.3, -0.25) is 4.98 Å². The van der Waals surface area contributed by atoms with Crippen LogP contribution in [-0.2, 0) is 0 Å². The first kappa shape index (κ1) is 8.81. The summed E-state index contributed by atoms with van der Waals surface area (Å²) in [5.41, 5.74) is 6.77. The SMILES string of the molecule is Nc1nccnc1C1CCSCC1. The van der Waals surface area contributed by atoms with Crippen molar-refractivity contribution in [2.24, 2.45) is 0 Å². The number of rotatable bonds is 1. The van der Waals surface area contributed by atoms with Gasteiger partial charge in [-0.2, -0.15) is 11.8 Å². The minimum Gasteiger partial charge on any atom is -0.382 e. The molecule has 1 aromatic heterocycles. The van der Waals surface area contributed by atoms with E-state index in [2.05, 4.69) is 9.97 Å². The molecule has 0 radical (unpaired) electrons. The molecule has 2 rings (SSSR count). The van der Waals surface area contributed by atoms with Gasteiger partial charge in [0.05, 0.1) is 5.69 Å². The fourth-order valence-corrected chi connectivity index (χ4v) is 2.75.